The van der Waals surface area contributed by atoms with Crippen LogP contribution in [0.3, 0.4) is 0 Å². The third-order valence-electron chi connectivity index (χ3n) is 4.37. The Labute approximate surface area is 169 Å². The highest BCUT2D eigenvalue weighted by Crippen LogP contribution is 2.40. The zero-order valence-electron chi connectivity index (χ0n) is 17.5. The fourth-order valence-corrected chi connectivity index (χ4v) is 2.87. The van der Waals surface area contributed by atoms with E-state index in [1.807, 2.05) is 0 Å². The van der Waals surface area contributed by atoms with E-state index < -0.39 is 0 Å². The van der Waals surface area contributed by atoms with Gasteiger partial charge < -0.3 is 24.5 Å². The summed E-state index contributed by atoms with van der Waals surface area (Å²) in [6.07, 6.45) is 3.26. The van der Waals surface area contributed by atoms with Gasteiger partial charge in [0.1, 0.15) is 5.52 Å². The van der Waals surface area contributed by atoms with Crippen molar-refractivity contribution < 1.29 is 19.0 Å². The van der Waals surface area contributed by atoms with Crippen LogP contribution in [0.1, 0.15) is 31.1 Å². The molecule has 0 spiro atoms. The van der Waals surface area contributed by atoms with Crippen molar-refractivity contribution in [2.75, 3.05) is 27.9 Å². The number of carbonyl (C=O) groups is 1. The predicted octanol–water partition coefficient (Wildman–Crippen LogP) is 3.43. The van der Waals surface area contributed by atoms with E-state index in [4.69, 9.17) is 14.2 Å². The van der Waals surface area contributed by atoms with Crippen LogP contribution in [0.2, 0.25) is 0 Å². The molecule has 154 valence electrons. The molecular weight excluding hydrogens is 372 g/mol. The van der Waals surface area contributed by atoms with E-state index in [0.717, 1.165) is 5.56 Å². The lowest BCUT2D eigenvalue weighted by molar-refractivity contribution is 0.0941. The van der Waals surface area contributed by atoms with Crippen LogP contribution in [-0.2, 0) is 0 Å². The normalized spacial score (nSPS) is 11.4. The number of ether oxygens (including phenoxy) is 3. The van der Waals surface area contributed by atoms with Crippen molar-refractivity contribution in [1.29, 1.82) is 0 Å². The topological polar surface area (TPSA) is 98.4 Å². The highest BCUT2D eigenvalue weighted by Gasteiger charge is 2.19. The van der Waals surface area contributed by atoms with Crippen LogP contribution in [0.15, 0.2) is 24.5 Å². The Bertz CT molecular complexity index is 1010. The number of methoxy groups -OCH3 is 3. The molecule has 2 N–H and O–H groups in total. The minimum Gasteiger partial charge on any atom is -0.493 e. The first kappa shape index (κ1) is 20.4. The number of hydrogen-bond acceptors (Lipinski definition) is 6. The number of benzene rings is 1. The van der Waals surface area contributed by atoms with Gasteiger partial charge in [0.15, 0.2) is 17.1 Å². The number of fused-ring (bicyclic) bond motifs is 1. The number of hydrogen-bond donors (Lipinski definition) is 2. The fourth-order valence-electron chi connectivity index (χ4n) is 2.87. The van der Waals surface area contributed by atoms with Gasteiger partial charge in [0.05, 0.1) is 38.8 Å². The van der Waals surface area contributed by atoms with Gasteiger partial charge in [-0.2, -0.15) is 0 Å². The van der Waals surface area contributed by atoms with Gasteiger partial charge in [-0.1, -0.05) is 20.8 Å². The molecule has 0 atom stereocenters. The van der Waals surface area contributed by atoms with Gasteiger partial charge >= 0.3 is 0 Å². The summed E-state index contributed by atoms with van der Waals surface area (Å²) < 4.78 is 16.2. The van der Waals surface area contributed by atoms with E-state index >= 15 is 0 Å². The second-order valence-electron chi connectivity index (χ2n) is 7.81. The molecule has 0 saturated heterocycles. The van der Waals surface area contributed by atoms with Gasteiger partial charge in [0.2, 0.25) is 5.75 Å². The lowest BCUT2D eigenvalue weighted by Crippen LogP contribution is -2.32. The van der Waals surface area contributed by atoms with E-state index in [9.17, 15) is 4.79 Å². The lowest BCUT2D eigenvalue weighted by Gasteiger charge is -2.18. The van der Waals surface area contributed by atoms with Crippen LogP contribution in [0.4, 0.5) is 0 Å². The molecule has 0 fully saturated rings. The maximum absolute atomic E-state index is 12.6. The standard InChI is InChI=1S/C21H26N4O4/c1-21(2,3)11-24-20(26)13-9-22-19-17(13)25-14(10-23-19)12-7-15(27-4)18(29-6)16(8-12)28-5/h7-10H,11H2,1-6H3,(H,22,23)(H,24,26). The van der Waals surface area contributed by atoms with E-state index in [2.05, 4.69) is 41.0 Å². The molecule has 3 aromatic rings. The molecule has 0 unspecified atom stereocenters. The van der Waals surface area contributed by atoms with Crippen molar-refractivity contribution in [3.63, 3.8) is 0 Å². The zero-order valence-corrected chi connectivity index (χ0v) is 17.5. The Morgan fingerprint density at radius 3 is 2.31 bits per heavy atom. The maximum atomic E-state index is 12.6. The average molecular weight is 398 g/mol. The van der Waals surface area contributed by atoms with Crippen molar-refractivity contribution in [2.45, 2.75) is 20.8 Å². The first-order chi connectivity index (χ1) is 13.8. The van der Waals surface area contributed by atoms with Crippen molar-refractivity contribution >= 4 is 17.1 Å². The molecule has 1 aromatic carbocycles. The summed E-state index contributed by atoms with van der Waals surface area (Å²) in [4.78, 5) is 24.7. The van der Waals surface area contributed by atoms with Gasteiger partial charge in [-0.05, 0) is 17.5 Å². The third kappa shape index (κ3) is 4.26. The molecule has 0 aliphatic carbocycles. The van der Waals surface area contributed by atoms with Crippen molar-refractivity contribution in [2.24, 2.45) is 5.41 Å². The van der Waals surface area contributed by atoms with Crippen LogP contribution in [-0.4, -0.2) is 48.7 Å². The number of nitrogens with zero attached hydrogens (tertiary/aromatic N) is 2. The first-order valence-electron chi connectivity index (χ1n) is 9.20. The Morgan fingerprint density at radius 1 is 1.10 bits per heavy atom. The summed E-state index contributed by atoms with van der Waals surface area (Å²) in [6, 6.07) is 3.59. The van der Waals surface area contributed by atoms with Gasteiger partial charge in [-0.15, -0.1) is 0 Å². The molecule has 8 nitrogen and oxygen atoms in total. The monoisotopic (exact) mass is 398 g/mol. The average Bonchev–Trinajstić information content (AvgIpc) is 3.13. The smallest absolute Gasteiger partial charge is 0.255 e. The molecule has 1 amide bonds. The molecule has 0 aliphatic rings. The van der Waals surface area contributed by atoms with Gasteiger partial charge in [-0.25, -0.2) is 9.97 Å². The van der Waals surface area contributed by atoms with Crippen molar-refractivity contribution in [3.05, 3.63) is 30.1 Å². The molecule has 2 heterocycles. The van der Waals surface area contributed by atoms with E-state index in [-0.39, 0.29) is 11.3 Å². The molecule has 29 heavy (non-hydrogen) atoms. The van der Waals surface area contributed by atoms with Crippen LogP contribution in [0.25, 0.3) is 22.4 Å². The Hall–Kier alpha value is -3.29. The largest absolute Gasteiger partial charge is 0.493 e. The zero-order chi connectivity index (χ0) is 21.2. The number of H-pyrrole nitrogens is 1. The van der Waals surface area contributed by atoms with E-state index in [1.165, 1.54) is 0 Å². The van der Waals surface area contributed by atoms with Crippen molar-refractivity contribution in [3.8, 4) is 28.5 Å². The SMILES string of the molecule is COc1cc(-c2cnc3[nH]cc(C(=O)NCC(C)(C)C)c3n2)cc(OC)c1OC. The minimum atomic E-state index is -0.192. The summed E-state index contributed by atoms with van der Waals surface area (Å²) in [5.41, 5.74) is 2.79. The Balaban J connectivity index is 2.03. The quantitative estimate of drug-likeness (QED) is 0.660. The number of amides is 1. The second-order valence-corrected chi connectivity index (χ2v) is 7.81. The summed E-state index contributed by atoms with van der Waals surface area (Å²) in [5, 5.41) is 2.94. The number of aromatic nitrogens is 3. The predicted molar refractivity (Wildman–Crippen MR) is 111 cm³/mol. The number of aromatic amines is 1. The highest BCUT2D eigenvalue weighted by molar-refractivity contribution is 6.04. The number of carbonyl (C=O) groups excluding carboxylic acids is 1. The maximum Gasteiger partial charge on any atom is 0.255 e. The lowest BCUT2D eigenvalue weighted by atomic mass is 9.97. The molecule has 0 bridgehead atoms. The molecule has 8 heteroatoms. The van der Waals surface area contributed by atoms with Crippen LogP contribution in [0, 0.1) is 5.41 Å². The Kier molecular flexibility index (Phi) is 5.63. The van der Waals surface area contributed by atoms with Gasteiger partial charge in [0.25, 0.3) is 5.91 Å². The summed E-state index contributed by atoms with van der Waals surface area (Å²) >= 11 is 0. The van der Waals surface area contributed by atoms with Gasteiger partial charge in [-0.3, -0.25) is 4.79 Å². The number of rotatable bonds is 6. The summed E-state index contributed by atoms with van der Waals surface area (Å²) in [6.45, 7) is 6.74. The molecule has 3 rings (SSSR count). The molecule has 2 aromatic heterocycles. The minimum absolute atomic E-state index is 0.0190. The van der Waals surface area contributed by atoms with Crippen molar-refractivity contribution in [1.82, 2.24) is 20.3 Å². The fraction of sp³-hybridized carbons (Fsp3) is 0.381. The number of nitrogens with one attached hydrogen (secondary N) is 2. The van der Waals surface area contributed by atoms with E-state index in [0.29, 0.717) is 46.2 Å². The summed E-state index contributed by atoms with van der Waals surface area (Å²) in [7, 11) is 4.66. The van der Waals surface area contributed by atoms with Gasteiger partial charge in [0, 0.05) is 18.3 Å². The van der Waals surface area contributed by atoms with Crippen LogP contribution in [0.5, 0.6) is 17.2 Å². The molecule has 0 radical (unpaired) electrons. The Morgan fingerprint density at radius 2 is 1.76 bits per heavy atom. The summed E-state index contributed by atoms with van der Waals surface area (Å²) in [5.74, 6) is 1.33. The molecular formula is C21H26N4O4. The van der Waals surface area contributed by atoms with E-state index in [1.54, 1.807) is 45.9 Å². The second kappa shape index (κ2) is 7.98. The molecule has 0 aliphatic heterocycles. The van der Waals surface area contributed by atoms with Crippen LogP contribution < -0.4 is 19.5 Å². The first-order valence-corrected chi connectivity index (χ1v) is 9.20. The van der Waals surface area contributed by atoms with Crippen LogP contribution >= 0.6 is 0 Å². The highest BCUT2D eigenvalue weighted by atomic mass is 16.5. The third-order valence-corrected chi connectivity index (χ3v) is 4.37. The molecule has 0 saturated carbocycles.